The Kier molecular flexibility index (Phi) is 4.68. The van der Waals surface area contributed by atoms with Crippen molar-refractivity contribution in [2.24, 2.45) is 13.0 Å². The molecular weight excluding hydrogens is 400 g/mol. The van der Waals surface area contributed by atoms with Crippen molar-refractivity contribution in [1.82, 2.24) is 9.88 Å². The molecule has 2 aliphatic rings. The van der Waals surface area contributed by atoms with Crippen molar-refractivity contribution >= 4 is 34.2 Å². The number of aromatic nitrogens is 1. The number of nitrogens with zero attached hydrogens (tertiary/aromatic N) is 1. The second-order valence-corrected chi connectivity index (χ2v) is 8.67. The Morgan fingerprint density at radius 2 is 1.87 bits per heavy atom. The monoisotopic (exact) mass is 422 g/mol. The predicted octanol–water partition coefficient (Wildman–Crippen LogP) is 4.47. The summed E-state index contributed by atoms with van der Waals surface area (Å²) in [7, 11) is 1.85. The third kappa shape index (κ3) is 3.13. The van der Waals surface area contributed by atoms with E-state index < -0.39 is 5.54 Å². The SMILES string of the molecule is Cn1c(C(=O)NC2(c3ccc(C(=O)C4CC4)cc3)CCOC2)c(Cl)c2ccccc21. The Hall–Kier alpha value is -2.63. The quantitative estimate of drug-likeness (QED) is 0.617. The molecule has 2 aromatic carbocycles. The number of benzene rings is 2. The number of carbonyl (C=O) groups excluding carboxylic acids is 2. The number of ether oxygens (including phenoxy) is 1. The van der Waals surface area contributed by atoms with E-state index in [1.54, 1.807) is 0 Å². The smallest absolute Gasteiger partial charge is 0.270 e. The molecule has 154 valence electrons. The molecule has 0 radical (unpaired) electrons. The maximum atomic E-state index is 13.3. The van der Waals surface area contributed by atoms with Crippen LogP contribution in [0.5, 0.6) is 0 Å². The molecule has 1 aliphatic carbocycles. The fourth-order valence-electron chi connectivity index (χ4n) is 4.37. The normalized spacial score (nSPS) is 21.1. The van der Waals surface area contributed by atoms with Gasteiger partial charge in [-0.05, 0) is 24.5 Å². The van der Waals surface area contributed by atoms with Gasteiger partial charge in [-0.3, -0.25) is 9.59 Å². The van der Waals surface area contributed by atoms with Gasteiger partial charge in [-0.15, -0.1) is 0 Å². The van der Waals surface area contributed by atoms with Gasteiger partial charge < -0.3 is 14.6 Å². The van der Waals surface area contributed by atoms with Gasteiger partial charge in [0.25, 0.3) is 5.91 Å². The number of amides is 1. The van der Waals surface area contributed by atoms with E-state index in [-0.39, 0.29) is 17.6 Å². The Morgan fingerprint density at radius 1 is 1.13 bits per heavy atom. The summed E-state index contributed by atoms with van der Waals surface area (Å²) in [6, 6.07) is 15.3. The topological polar surface area (TPSA) is 60.3 Å². The van der Waals surface area contributed by atoms with Gasteiger partial charge >= 0.3 is 0 Å². The van der Waals surface area contributed by atoms with Crippen LogP contribution in [0.4, 0.5) is 0 Å². The molecule has 1 saturated carbocycles. The van der Waals surface area contributed by atoms with Crippen molar-refractivity contribution in [3.05, 3.63) is 70.4 Å². The van der Waals surface area contributed by atoms with E-state index in [9.17, 15) is 9.59 Å². The third-order valence-corrected chi connectivity index (χ3v) is 6.69. The fourth-order valence-corrected chi connectivity index (χ4v) is 4.75. The van der Waals surface area contributed by atoms with Gasteiger partial charge in [-0.2, -0.15) is 0 Å². The predicted molar refractivity (Wildman–Crippen MR) is 116 cm³/mol. The van der Waals surface area contributed by atoms with Crippen LogP contribution in [-0.2, 0) is 17.3 Å². The molecule has 3 aromatic rings. The van der Waals surface area contributed by atoms with Crippen molar-refractivity contribution in [3.63, 3.8) is 0 Å². The molecule has 2 fully saturated rings. The molecular formula is C24H23ClN2O3. The highest BCUT2D eigenvalue weighted by Gasteiger charge is 2.40. The molecule has 5 nitrogen and oxygen atoms in total. The summed E-state index contributed by atoms with van der Waals surface area (Å²) in [5, 5.41) is 4.50. The number of hydrogen-bond acceptors (Lipinski definition) is 3. The maximum Gasteiger partial charge on any atom is 0.270 e. The van der Waals surface area contributed by atoms with E-state index in [2.05, 4.69) is 5.32 Å². The number of nitrogens with one attached hydrogen (secondary N) is 1. The van der Waals surface area contributed by atoms with Crippen LogP contribution in [0.2, 0.25) is 5.02 Å². The van der Waals surface area contributed by atoms with Crippen LogP contribution in [0, 0.1) is 5.92 Å². The number of para-hydroxylation sites is 1. The molecule has 1 saturated heterocycles. The molecule has 1 amide bonds. The van der Waals surface area contributed by atoms with Gasteiger partial charge in [-0.1, -0.05) is 54.1 Å². The molecule has 1 aromatic heterocycles. The van der Waals surface area contributed by atoms with E-state index in [0.29, 0.717) is 30.4 Å². The summed E-state index contributed by atoms with van der Waals surface area (Å²) in [6.45, 7) is 0.947. The molecule has 5 rings (SSSR count). The van der Waals surface area contributed by atoms with Gasteiger partial charge in [0.15, 0.2) is 5.78 Å². The lowest BCUT2D eigenvalue weighted by Gasteiger charge is -2.30. The average molecular weight is 423 g/mol. The van der Waals surface area contributed by atoms with Crippen molar-refractivity contribution in [2.45, 2.75) is 24.8 Å². The summed E-state index contributed by atoms with van der Waals surface area (Å²) in [5.74, 6) is 0.167. The number of hydrogen-bond donors (Lipinski definition) is 1. The number of ketones is 1. The van der Waals surface area contributed by atoms with Crippen LogP contribution in [0.15, 0.2) is 48.5 Å². The zero-order valence-corrected chi connectivity index (χ0v) is 17.5. The highest BCUT2D eigenvalue weighted by Crippen LogP contribution is 2.36. The second kappa shape index (κ2) is 7.25. The summed E-state index contributed by atoms with van der Waals surface area (Å²) in [4.78, 5) is 25.7. The van der Waals surface area contributed by atoms with Crippen LogP contribution in [0.1, 0.15) is 45.7 Å². The first-order chi connectivity index (χ1) is 14.5. The molecule has 0 bridgehead atoms. The summed E-state index contributed by atoms with van der Waals surface area (Å²) >= 11 is 6.57. The zero-order valence-electron chi connectivity index (χ0n) is 16.8. The van der Waals surface area contributed by atoms with Gasteiger partial charge in [0.2, 0.25) is 0 Å². The largest absolute Gasteiger partial charge is 0.379 e. The van der Waals surface area contributed by atoms with Crippen molar-refractivity contribution < 1.29 is 14.3 Å². The lowest BCUT2D eigenvalue weighted by molar-refractivity contribution is 0.0867. The van der Waals surface area contributed by atoms with Crippen LogP contribution >= 0.6 is 11.6 Å². The van der Waals surface area contributed by atoms with Crippen LogP contribution in [0.25, 0.3) is 10.9 Å². The minimum absolute atomic E-state index is 0.188. The number of aryl methyl sites for hydroxylation is 1. The molecule has 0 spiro atoms. The Balaban J connectivity index is 1.47. The third-order valence-electron chi connectivity index (χ3n) is 6.30. The first-order valence-corrected chi connectivity index (χ1v) is 10.7. The van der Waals surface area contributed by atoms with E-state index in [0.717, 1.165) is 34.9 Å². The minimum atomic E-state index is -0.641. The van der Waals surface area contributed by atoms with Crippen molar-refractivity contribution in [1.29, 1.82) is 0 Å². The van der Waals surface area contributed by atoms with E-state index in [4.69, 9.17) is 16.3 Å². The molecule has 1 N–H and O–H groups in total. The number of carbonyl (C=O) groups is 2. The molecule has 1 aliphatic heterocycles. The summed E-state index contributed by atoms with van der Waals surface area (Å²) in [6.07, 6.45) is 2.64. The molecule has 2 heterocycles. The fraction of sp³-hybridized carbons (Fsp3) is 0.333. The Labute approximate surface area is 180 Å². The van der Waals surface area contributed by atoms with E-state index >= 15 is 0 Å². The van der Waals surface area contributed by atoms with Crippen LogP contribution in [0.3, 0.4) is 0 Å². The highest BCUT2D eigenvalue weighted by molar-refractivity contribution is 6.38. The van der Waals surface area contributed by atoms with Gasteiger partial charge in [0.05, 0.1) is 17.2 Å². The maximum absolute atomic E-state index is 13.3. The molecule has 30 heavy (non-hydrogen) atoms. The molecule has 6 heteroatoms. The average Bonchev–Trinajstić information content (AvgIpc) is 3.46. The zero-order chi connectivity index (χ0) is 20.9. The second-order valence-electron chi connectivity index (χ2n) is 8.29. The lowest BCUT2D eigenvalue weighted by atomic mass is 9.87. The standard InChI is InChI=1S/C24H23ClN2O3/c1-27-19-5-3-2-4-18(19)20(25)21(27)23(29)26-24(12-13-30-14-24)17-10-8-16(9-11-17)22(28)15-6-7-15/h2-5,8-11,15H,6-7,12-14H2,1H3,(H,26,29). The number of rotatable bonds is 5. The summed E-state index contributed by atoms with van der Waals surface area (Å²) < 4.78 is 7.50. The number of fused-ring (bicyclic) bond motifs is 1. The van der Waals surface area contributed by atoms with Gasteiger partial charge in [0.1, 0.15) is 5.69 Å². The van der Waals surface area contributed by atoms with E-state index in [1.807, 2.05) is 60.1 Å². The lowest BCUT2D eigenvalue weighted by Crippen LogP contribution is -2.47. The Bertz CT molecular complexity index is 1100. The summed E-state index contributed by atoms with van der Waals surface area (Å²) in [5.41, 5.74) is 2.38. The number of Topliss-reactive ketones (excluding diaryl/α,β-unsaturated/α-hetero) is 1. The van der Waals surface area contributed by atoms with Crippen molar-refractivity contribution in [3.8, 4) is 0 Å². The van der Waals surface area contributed by atoms with Crippen LogP contribution in [-0.4, -0.2) is 29.5 Å². The number of halogens is 1. The van der Waals surface area contributed by atoms with Crippen molar-refractivity contribution in [2.75, 3.05) is 13.2 Å². The van der Waals surface area contributed by atoms with Crippen LogP contribution < -0.4 is 5.32 Å². The molecule has 1 atom stereocenters. The first kappa shape index (κ1) is 19.3. The van der Waals surface area contributed by atoms with Gasteiger partial charge in [0, 0.05) is 42.5 Å². The van der Waals surface area contributed by atoms with E-state index in [1.165, 1.54) is 0 Å². The highest BCUT2D eigenvalue weighted by atomic mass is 35.5. The minimum Gasteiger partial charge on any atom is -0.379 e. The molecule has 1 unspecified atom stereocenters. The Morgan fingerprint density at radius 3 is 2.50 bits per heavy atom. The van der Waals surface area contributed by atoms with Gasteiger partial charge in [-0.25, -0.2) is 0 Å². The first-order valence-electron chi connectivity index (χ1n) is 10.3.